The highest BCUT2D eigenvalue weighted by atomic mass is 35.5. The fourth-order valence-corrected chi connectivity index (χ4v) is 1.91. The minimum atomic E-state index is 0.150. The Balaban J connectivity index is 1.92. The third kappa shape index (κ3) is 3.19. The number of hydrogen-bond donors (Lipinski definition) is 1. The van der Waals surface area contributed by atoms with Gasteiger partial charge in [0, 0.05) is 19.2 Å². The number of hydrogen-bond acceptors (Lipinski definition) is 4. The molecule has 1 fully saturated rings. The van der Waals surface area contributed by atoms with Crippen LogP contribution in [0.1, 0.15) is 12.8 Å². The number of rotatable bonds is 3. The highest BCUT2D eigenvalue weighted by Crippen LogP contribution is 2.16. The molecule has 1 aromatic heterocycles. The van der Waals surface area contributed by atoms with Crippen molar-refractivity contribution >= 4 is 29.0 Å². The lowest BCUT2D eigenvalue weighted by Gasteiger charge is -2.11. The van der Waals surface area contributed by atoms with E-state index in [1.165, 1.54) is 0 Å². The number of halogens is 2. The molecule has 2 heterocycles. The predicted molar refractivity (Wildman–Crippen MR) is 59.5 cm³/mol. The molecule has 15 heavy (non-hydrogen) atoms. The zero-order chi connectivity index (χ0) is 10.7. The van der Waals surface area contributed by atoms with Crippen molar-refractivity contribution in [2.45, 2.75) is 18.9 Å². The summed E-state index contributed by atoms with van der Waals surface area (Å²) in [6, 6.07) is 1.64. The van der Waals surface area contributed by atoms with E-state index in [0.717, 1.165) is 26.0 Å². The van der Waals surface area contributed by atoms with E-state index in [0.29, 0.717) is 11.0 Å². The molecule has 0 saturated carbocycles. The molecule has 1 unspecified atom stereocenters. The molecule has 2 rings (SSSR count). The SMILES string of the molecule is Clc1cc(NCC2CCCO2)nc(Cl)n1. The number of nitrogens with one attached hydrogen (secondary N) is 1. The molecule has 0 aromatic carbocycles. The first kappa shape index (κ1) is 10.9. The highest BCUT2D eigenvalue weighted by molar-refractivity contribution is 6.32. The zero-order valence-corrected chi connectivity index (χ0v) is 9.55. The van der Waals surface area contributed by atoms with Crippen LogP contribution < -0.4 is 5.32 Å². The van der Waals surface area contributed by atoms with Gasteiger partial charge >= 0.3 is 0 Å². The van der Waals surface area contributed by atoms with Crippen LogP contribution in [0.15, 0.2) is 6.07 Å². The van der Waals surface area contributed by atoms with Crippen LogP contribution in [-0.2, 0) is 4.74 Å². The second-order valence-corrected chi connectivity index (χ2v) is 4.09. The van der Waals surface area contributed by atoms with E-state index in [2.05, 4.69) is 15.3 Å². The topological polar surface area (TPSA) is 47.0 Å². The van der Waals surface area contributed by atoms with Crippen LogP contribution in [0, 0.1) is 0 Å². The Morgan fingerprint density at radius 3 is 3.00 bits per heavy atom. The van der Waals surface area contributed by atoms with Gasteiger partial charge in [-0.3, -0.25) is 0 Å². The largest absolute Gasteiger partial charge is 0.376 e. The van der Waals surface area contributed by atoms with Crippen LogP contribution in [-0.4, -0.2) is 29.2 Å². The van der Waals surface area contributed by atoms with Crippen molar-refractivity contribution < 1.29 is 4.74 Å². The summed E-state index contributed by atoms with van der Waals surface area (Å²) in [5.41, 5.74) is 0. The van der Waals surface area contributed by atoms with E-state index in [1.54, 1.807) is 6.07 Å². The lowest BCUT2D eigenvalue weighted by atomic mass is 10.2. The van der Waals surface area contributed by atoms with Gasteiger partial charge < -0.3 is 10.1 Å². The lowest BCUT2D eigenvalue weighted by molar-refractivity contribution is 0.120. The van der Waals surface area contributed by atoms with Crippen LogP contribution in [0.5, 0.6) is 0 Å². The molecular weight excluding hydrogens is 237 g/mol. The maximum atomic E-state index is 5.74. The van der Waals surface area contributed by atoms with E-state index < -0.39 is 0 Å². The van der Waals surface area contributed by atoms with Crippen molar-refractivity contribution in [1.82, 2.24) is 9.97 Å². The summed E-state index contributed by atoms with van der Waals surface area (Å²) < 4.78 is 5.46. The van der Waals surface area contributed by atoms with E-state index in [-0.39, 0.29) is 11.4 Å². The third-order valence-corrected chi connectivity index (χ3v) is 2.57. The Kier molecular flexibility index (Phi) is 3.61. The van der Waals surface area contributed by atoms with Crippen LogP contribution >= 0.6 is 23.2 Å². The highest BCUT2D eigenvalue weighted by Gasteiger charge is 2.15. The molecule has 1 aliphatic rings. The smallest absolute Gasteiger partial charge is 0.225 e. The average molecular weight is 248 g/mol. The van der Waals surface area contributed by atoms with E-state index in [1.807, 2.05) is 0 Å². The molecule has 1 atom stereocenters. The van der Waals surface area contributed by atoms with Crippen LogP contribution in [0.2, 0.25) is 10.4 Å². The molecule has 0 aliphatic carbocycles. The molecule has 6 heteroatoms. The molecule has 1 aromatic rings. The maximum absolute atomic E-state index is 5.74. The first-order chi connectivity index (χ1) is 7.24. The molecule has 0 bridgehead atoms. The second-order valence-electron chi connectivity index (χ2n) is 3.36. The summed E-state index contributed by atoms with van der Waals surface area (Å²) in [6.45, 7) is 1.57. The first-order valence-corrected chi connectivity index (χ1v) is 5.55. The number of nitrogens with zero attached hydrogens (tertiary/aromatic N) is 2. The molecule has 4 nitrogen and oxygen atoms in total. The van der Waals surface area contributed by atoms with Gasteiger partial charge in [0.1, 0.15) is 11.0 Å². The standard InChI is InChI=1S/C9H11Cl2N3O/c10-7-4-8(14-9(11)13-7)12-5-6-2-1-3-15-6/h4,6H,1-3,5H2,(H,12,13,14). The summed E-state index contributed by atoms with van der Waals surface area (Å²) in [5.74, 6) is 0.635. The summed E-state index contributed by atoms with van der Waals surface area (Å²) in [6.07, 6.45) is 2.47. The summed E-state index contributed by atoms with van der Waals surface area (Å²) >= 11 is 11.4. The van der Waals surface area contributed by atoms with Crippen molar-refractivity contribution in [3.8, 4) is 0 Å². The minimum absolute atomic E-state index is 0.150. The minimum Gasteiger partial charge on any atom is -0.376 e. The Morgan fingerprint density at radius 1 is 1.47 bits per heavy atom. The molecule has 1 N–H and O–H groups in total. The molecule has 0 amide bonds. The molecular formula is C9H11Cl2N3O. The Morgan fingerprint density at radius 2 is 2.33 bits per heavy atom. The van der Waals surface area contributed by atoms with Crippen molar-refractivity contribution in [2.24, 2.45) is 0 Å². The molecule has 82 valence electrons. The monoisotopic (exact) mass is 247 g/mol. The fourth-order valence-electron chi connectivity index (χ4n) is 1.50. The molecule has 1 aliphatic heterocycles. The molecule has 1 saturated heterocycles. The Labute approximate surface area is 98.0 Å². The number of aromatic nitrogens is 2. The van der Waals surface area contributed by atoms with Gasteiger partial charge in [-0.15, -0.1) is 0 Å². The molecule has 0 spiro atoms. The van der Waals surface area contributed by atoms with Crippen molar-refractivity contribution in [3.63, 3.8) is 0 Å². The van der Waals surface area contributed by atoms with Gasteiger partial charge in [0.2, 0.25) is 5.28 Å². The fraction of sp³-hybridized carbons (Fsp3) is 0.556. The van der Waals surface area contributed by atoms with E-state index in [4.69, 9.17) is 27.9 Å². The van der Waals surface area contributed by atoms with Gasteiger partial charge in [-0.25, -0.2) is 9.97 Å². The van der Waals surface area contributed by atoms with Crippen molar-refractivity contribution in [2.75, 3.05) is 18.5 Å². The van der Waals surface area contributed by atoms with E-state index >= 15 is 0 Å². The number of anilines is 1. The lowest BCUT2D eigenvalue weighted by Crippen LogP contribution is -2.19. The Bertz CT molecular complexity index is 322. The third-order valence-electron chi connectivity index (χ3n) is 2.20. The van der Waals surface area contributed by atoms with Gasteiger partial charge in [0.05, 0.1) is 6.10 Å². The number of ether oxygens (including phenoxy) is 1. The van der Waals surface area contributed by atoms with Crippen LogP contribution in [0.3, 0.4) is 0 Å². The zero-order valence-electron chi connectivity index (χ0n) is 8.04. The average Bonchev–Trinajstić information content (AvgIpc) is 2.65. The maximum Gasteiger partial charge on any atom is 0.225 e. The van der Waals surface area contributed by atoms with Gasteiger partial charge in [0.15, 0.2) is 0 Å². The summed E-state index contributed by atoms with van der Waals surface area (Å²) in [7, 11) is 0. The van der Waals surface area contributed by atoms with Gasteiger partial charge in [-0.05, 0) is 24.4 Å². The summed E-state index contributed by atoms with van der Waals surface area (Å²) in [5, 5.41) is 3.61. The predicted octanol–water partition coefficient (Wildman–Crippen LogP) is 2.37. The summed E-state index contributed by atoms with van der Waals surface area (Å²) in [4.78, 5) is 7.76. The van der Waals surface area contributed by atoms with Crippen LogP contribution in [0.25, 0.3) is 0 Å². The normalized spacial score (nSPS) is 20.5. The molecule has 0 radical (unpaired) electrons. The van der Waals surface area contributed by atoms with Crippen molar-refractivity contribution in [3.05, 3.63) is 16.5 Å². The second kappa shape index (κ2) is 4.96. The van der Waals surface area contributed by atoms with Gasteiger partial charge in [0.25, 0.3) is 0 Å². The van der Waals surface area contributed by atoms with E-state index in [9.17, 15) is 0 Å². The Hall–Kier alpha value is -0.580. The van der Waals surface area contributed by atoms with Gasteiger partial charge in [-0.2, -0.15) is 0 Å². The van der Waals surface area contributed by atoms with Gasteiger partial charge in [-0.1, -0.05) is 11.6 Å². The quantitative estimate of drug-likeness (QED) is 0.659. The van der Waals surface area contributed by atoms with Crippen LogP contribution in [0.4, 0.5) is 5.82 Å². The van der Waals surface area contributed by atoms with Crippen molar-refractivity contribution in [1.29, 1.82) is 0 Å². The first-order valence-electron chi connectivity index (χ1n) is 4.79.